The molecule has 0 aromatic rings. The molecule has 0 amide bonds. The normalized spacial score (nSPS) is 13.6. The predicted molar refractivity (Wildman–Crippen MR) is 74.1 cm³/mol. The molecule has 0 aromatic carbocycles. The molecule has 0 saturated heterocycles. The summed E-state index contributed by atoms with van der Waals surface area (Å²) >= 11 is 0. The van der Waals surface area contributed by atoms with Crippen LogP contribution >= 0.6 is 0 Å². The van der Waals surface area contributed by atoms with Crippen molar-refractivity contribution in [3.05, 3.63) is 48.4 Å². The standard InChI is InChI=1S/C15H25N/c1-6-9-11-14(8-3)16-15(13(4)5)12-10-7-2/h6,8-9,11-13,16H,1,7,10H2,2-5H3/b11-9-,14-8+,15-12+. The molecular weight excluding hydrogens is 194 g/mol. The van der Waals surface area contributed by atoms with Gasteiger partial charge in [-0.3, -0.25) is 0 Å². The van der Waals surface area contributed by atoms with E-state index in [0.29, 0.717) is 5.92 Å². The third-order valence-corrected chi connectivity index (χ3v) is 2.29. The van der Waals surface area contributed by atoms with Crippen molar-refractivity contribution in [3.63, 3.8) is 0 Å². The van der Waals surface area contributed by atoms with E-state index in [1.807, 2.05) is 19.1 Å². The van der Waals surface area contributed by atoms with Gasteiger partial charge in [-0.1, -0.05) is 58.1 Å². The highest BCUT2D eigenvalue weighted by Gasteiger charge is 2.02. The van der Waals surface area contributed by atoms with Gasteiger partial charge < -0.3 is 5.32 Å². The first-order valence-corrected chi connectivity index (χ1v) is 6.08. The maximum atomic E-state index is 3.67. The summed E-state index contributed by atoms with van der Waals surface area (Å²) in [6, 6.07) is 0. The molecule has 0 fully saturated rings. The van der Waals surface area contributed by atoms with Crippen molar-refractivity contribution in [3.8, 4) is 0 Å². The van der Waals surface area contributed by atoms with Gasteiger partial charge in [-0.15, -0.1) is 0 Å². The largest absolute Gasteiger partial charge is 0.359 e. The summed E-state index contributed by atoms with van der Waals surface area (Å²) < 4.78 is 0. The number of hydrogen-bond acceptors (Lipinski definition) is 1. The van der Waals surface area contributed by atoms with Crippen molar-refractivity contribution in [2.45, 2.75) is 40.5 Å². The van der Waals surface area contributed by atoms with Crippen molar-refractivity contribution in [2.75, 3.05) is 0 Å². The topological polar surface area (TPSA) is 12.0 Å². The molecule has 1 N–H and O–H groups in total. The molecule has 0 atom stereocenters. The fourth-order valence-electron chi connectivity index (χ4n) is 1.28. The molecule has 0 radical (unpaired) electrons. The SMILES string of the molecule is C=C/C=C\C(=C/C)N/C(=C/CCC)C(C)C. The van der Waals surface area contributed by atoms with Crippen molar-refractivity contribution >= 4 is 0 Å². The minimum atomic E-state index is 0.527. The van der Waals surface area contributed by atoms with Gasteiger partial charge in [0.1, 0.15) is 0 Å². The molecule has 0 bridgehead atoms. The van der Waals surface area contributed by atoms with Crippen LogP contribution in [0.4, 0.5) is 0 Å². The summed E-state index contributed by atoms with van der Waals surface area (Å²) in [4.78, 5) is 0. The third kappa shape index (κ3) is 6.28. The Balaban J connectivity index is 4.60. The molecule has 0 aromatic heterocycles. The summed E-state index contributed by atoms with van der Waals surface area (Å²) in [5, 5.41) is 3.46. The molecule has 0 unspecified atom stereocenters. The maximum absolute atomic E-state index is 3.67. The van der Waals surface area contributed by atoms with Crippen LogP contribution in [0.15, 0.2) is 48.4 Å². The molecule has 90 valence electrons. The monoisotopic (exact) mass is 219 g/mol. The van der Waals surface area contributed by atoms with E-state index in [1.54, 1.807) is 6.08 Å². The van der Waals surface area contributed by atoms with Gasteiger partial charge in [-0.25, -0.2) is 0 Å². The van der Waals surface area contributed by atoms with Gasteiger partial charge in [0.05, 0.1) is 0 Å². The first kappa shape index (κ1) is 14.8. The van der Waals surface area contributed by atoms with Gasteiger partial charge in [0.25, 0.3) is 0 Å². The van der Waals surface area contributed by atoms with Gasteiger partial charge >= 0.3 is 0 Å². The van der Waals surface area contributed by atoms with E-state index in [2.05, 4.69) is 44.8 Å². The van der Waals surface area contributed by atoms with Crippen molar-refractivity contribution in [2.24, 2.45) is 5.92 Å². The summed E-state index contributed by atoms with van der Waals surface area (Å²) in [6.07, 6.45) is 12.4. The quantitative estimate of drug-likeness (QED) is 0.619. The molecule has 16 heavy (non-hydrogen) atoms. The van der Waals surface area contributed by atoms with Crippen LogP contribution in [0.1, 0.15) is 40.5 Å². The minimum Gasteiger partial charge on any atom is -0.359 e. The van der Waals surface area contributed by atoms with Crippen LogP contribution in [-0.4, -0.2) is 0 Å². The van der Waals surface area contributed by atoms with E-state index in [0.717, 1.165) is 12.1 Å². The number of unbranched alkanes of at least 4 members (excludes halogenated alkanes) is 1. The molecule has 1 heteroatoms. The van der Waals surface area contributed by atoms with Gasteiger partial charge in [-0.2, -0.15) is 0 Å². The van der Waals surface area contributed by atoms with Crippen LogP contribution in [-0.2, 0) is 0 Å². The van der Waals surface area contributed by atoms with Crippen LogP contribution in [0.3, 0.4) is 0 Å². The number of allylic oxidation sites excluding steroid dienone is 6. The Bertz CT molecular complexity index is 280. The highest BCUT2D eigenvalue weighted by Crippen LogP contribution is 2.10. The van der Waals surface area contributed by atoms with Crippen LogP contribution in [0.5, 0.6) is 0 Å². The molecule has 0 heterocycles. The summed E-state index contributed by atoms with van der Waals surface area (Å²) in [6.45, 7) is 12.3. The average molecular weight is 219 g/mol. The first-order valence-electron chi connectivity index (χ1n) is 6.08. The zero-order chi connectivity index (χ0) is 12.4. The lowest BCUT2D eigenvalue weighted by Gasteiger charge is -2.15. The van der Waals surface area contributed by atoms with Crippen LogP contribution in [0.2, 0.25) is 0 Å². The Morgan fingerprint density at radius 2 is 2.06 bits per heavy atom. The highest BCUT2D eigenvalue weighted by atomic mass is 14.9. The average Bonchev–Trinajstić information content (AvgIpc) is 2.28. The second-order valence-electron chi connectivity index (χ2n) is 4.07. The fourth-order valence-corrected chi connectivity index (χ4v) is 1.28. The minimum absolute atomic E-state index is 0.527. The Morgan fingerprint density at radius 3 is 2.50 bits per heavy atom. The molecule has 0 aliphatic heterocycles. The van der Waals surface area contributed by atoms with Gasteiger partial charge in [0, 0.05) is 11.4 Å². The van der Waals surface area contributed by atoms with E-state index >= 15 is 0 Å². The van der Waals surface area contributed by atoms with Crippen molar-refractivity contribution < 1.29 is 0 Å². The number of nitrogens with one attached hydrogen (secondary N) is 1. The zero-order valence-electron chi connectivity index (χ0n) is 11.1. The van der Waals surface area contributed by atoms with Crippen molar-refractivity contribution in [1.29, 1.82) is 0 Å². The van der Waals surface area contributed by atoms with E-state index in [9.17, 15) is 0 Å². The maximum Gasteiger partial charge on any atom is 0.0338 e. The summed E-state index contributed by atoms with van der Waals surface area (Å²) in [5.41, 5.74) is 2.42. The van der Waals surface area contributed by atoms with E-state index in [4.69, 9.17) is 0 Å². The molecule has 0 saturated carbocycles. The highest BCUT2D eigenvalue weighted by molar-refractivity contribution is 5.24. The Kier molecular flexibility index (Phi) is 8.32. The second kappa shape index (κ2) is 9.02. The zero-order valence-corrected chi connectivity index (χ0v) is 11.1. The molecule has 1 nitrogen and oxygen atoms in total. The number of hydrogen-bond donors (Lipinski definition) is 1. The van der Waals surface area contributed by atoms with Gasteiger partial charge in [0.2, 0.25) is 0 Å². The lowest BCUT2D eigenvalue weighted by atomic mass is 10.1. The van der Waals surface area contributed by atoms with E-state index in [1.165, 1.54) is 12.1 Å². The molecule has 0 aliphatic carbocycles. The Morgan fingerprint density at radius 1 is 1.38 bits per heavy atom. The van der Waals surface area contributed by atoms with Gasteiger partial charge in [0.15, 0.2) is 0 Å². The lowest BCUT2D eigenvalue weighted by molar-refractivity contribution is 0.694. The third-order valence-electron chi connectivity index (χ3n) is 2.29. The Labute approximate surface area is 101 Å². The molecular formula is C15H25N. The second-order valence-corrected chi connectivity index (χ2v) is 4.07. The van der Waals surface area contributed by atoms with Crippen LogP contribution < -0.4 is 5.32 Å². The summed E-state index contributed by atoms with van der Waals surface area (Å²) in [7, 11) is 0. The Hall–Kier alpha value is -1.24. The lowest BCUT2D eigenvalue weighted by Crippen LogP contribution is -2.15. The first-order chi connectivity index (χ1) is 7.65. The molecule has 0 rings (SSSR count). The molecule has 0 aliphatic rings. The predicted octanol–water partition coefficient (Wildman–Crippen LogP) is 4.56. The number of rotatable bonds is 7. The van der Waals surface area contributed by atoms with Crippen LogP contribution in [0.25, 0.3) is 0 Å². The van der Waals surface area contributed by atoms with Crippen LogP contribution in [0, 0.1) is 5.92 Å². The van der Waals surface area contributed by atoms with E-state index < -0.39 is 0 Å². The van der Waals surface area contributed by atoms with Crippen molar-refractivity contribution in [1.82, 2.24) is 5.32 Å². The van der Waals surface area contributed by atoms with Gasteiger partial charge in [-0.05, 0) is 25.3 Å². The summed E-state index contributed by atoms with van der Waals surface area (Å²) in [5.74, 6) is 0.527. The smallest absolute Gasteiger partial charge is 0.0338 e. The fraction of sp³-hybridized carbons (Fsp3) is 0.467. The van der Waals surface area contributed by atoms with E-state index in [-0.39, 0.29) is 0 Å². The molecule has 0 spiro atoms.